The van der Waals surface area contributed by atoms with Crippen molar-refractivity contribution in [2.75, 3.05) is 11.5 Å². The first-order chi connectivity index (χ1) is 34.2. The van der Waals surface area contributed by atoms with Crippen LogP contribution >= 0.6 is 46.4 Å². The molecule has 2 aliphatic heterocycles. The predicted octanol–water partition coefficient (Wildman–Crippen LogP) is 11.7. The van der Waals surface area contributed by atoms with Gasteiger partial charge >= 0.3 is 11.9 Å². The van der Waals surface area contributed by atoms with Crippen molar-refractivity contribution in [3.05, 3.63) is 139 Å². The number of rotatable bonds is 16. The molecule has 0 bridgehead atoms. The lowest BCUT2D eigenvalue weighted by atomic mass is 9.86. The smallest absolute Gasteiger partial charge is 0.306 e. The van der Waals surface area contributed by atoms with Crippen molar-refractivity contribution in [3.8, 4) is 0 Å². The van der Waals surface area contributed by atoms with Gasteiger partial charge in [-0.2, -0.15) is 0 Å². The second kappa shape index (κ2) is 23.5. The number of morpholine rings is 2. The van der Waals surface area contributed by atoms with Crippen LogP contribution in [0.5, 0.6) is 0 Å². The number of sulfone groups is 2. The molecule has 14 nitrogen and oxygen atoms in total. The number of benzene rings is 4. The van der Waals surface area contributed by atoms with Gasteiger partial charge in [-0.1, -0.05) is 109 Å². The molecule has 404 valence electrons. The highest BCUT2D eigenvalue weighted by Gasteiger charge is 2.56. The fourth-order valence-corrected chi connectivity index (χ4v) is 12.6. The number of amides is 2. The molecule has 6 rings (SSSR count). The third-order valence-electron chi connectivity index (χ3n) is 13.5. The lowest BCUT2D eigenvalue weighted by Crippen LogP contribution is -2.62. The number of carbonyl (C=O) groups is 4. The summed E-state index contributed by atoms with van der Waals surface area (Å²) in [4.78, 5) is 54.9. The molecule has 8 atom stereocenters. The van der Waals surface area contributed by atoms with Gasteiger partial charge in [-0.15, -0.1) is 0 Å². The molecule has 0 saturated carbocycles. The largest absolute Gasteiger partial charge is 0.481 e. The Kier molecular flexibility index (Phi) is 19.3. The van der Waals surface area contributed by atoms with Gasteiger partial charge in [0.15, 0.2) is 30.9 Å². The van der Waals surface area contributed by atoms with Crippen LogP contribution in [0.2, 0.25) is 20.1 Å². The second-order valence-electron chi connectivity index (χ2n) is 21.1. The average molecular weight is 1140 g/mol. The number of carboxylic acids is 2. The van der Waals surface area contributed by atoms with Crippen LogP contribution in [0.25, 0.3) is 0 Å². The van der Waals surface area contributed by atoms with E-state index in [2.05, 4.69) is 0 Å². The topological polar surface area (TPSA) is 202 Å². The molecule has 2 amide bonds. The Morgan fingerprint density at radius 3 is 1.12 bits per heavy atom. The molecular weight excluding hydrogens is 1070 g/mol. The minimum absolute atomic E-state index is 0.283. The highest BCUT2D eigenvalue weighted by Crippen LogP contribution is 2.50. The first-order valence-electron chi connectivity index (χ1n) is 24.1. The lowest BCUT2D eigenvalue weighted by molar-refractivity contribution is -0.206. The molecule has 2 aliphatic rings. The molecule has 4 aromatic carbocycles. The molecule has 2 saturated heterocycles. The monoisotopic (exact) mass is 1140 g/mol. The molecular formula is C54H66Cl4N2O12S2. The third kappa shape index (κ3) is 13.8. The maximum absolute atomic E-state index is 14.1. The summed E-state index contributed by atoms with van der Waals surface area (Å²) in [6.45, 7) is 16.2. The van der Waals surface area contributed by atoms with Gasteiger partial charge in [0.2, 0.25) is 0 Å². The normalized spacial score (nSPS) is 23.6. The molecule has 0 aromatic heterocycles. The SMILES string of the molecule is CC[C@@H](CS(=O)(=O)C(C)(C)C)N1C(=O)[C@@](C)(CC(=O)O)O[C@H](c2cccc(Cl)c2)C1c1ccc(Cl)cc1.CC[C@@H](CS(=O)(=O)C(C)(C)C)N1C(=O)[C@](C)(CC(=O)O)O[C@H](c2cccc(Cl)c2)C1c1ccc(Cl)cc1. The number of carboxylic acid groups (broad SMARTS) is 2. The molecule has 2 fully saturated rings. The van der Waals surface area contributed by atoms with E-state index in [4.69, 9.17) is 55.9 Å². The summed E-state index contributed by atoms with van der Waals surface area (Å²) in [5.41, 5.74) is -0.856. The maximum Gasteiger partial charge on any atom is 0.306 e. The Morgan fingerprint density at radius 2 is 0.865 bits per heavy atom. The summed E-state index contributed by atoms with van der Waals surface area (Å²) in [5, 5.41) is 21.2. The van der Waals surface area contributed by atoms with Gasteiger partial charge in [0.25, 0.3) is 11.8 Å². The highest BCUT2D eigenvalue weighted by atomic mass is 35.5. The molecule has 20 heteroatoms. The van der Waals surface area contributed by atoms with Crippen molar-refractivity contribution < 1.29 is 55.7 Å². The second-order valence-corrected chi connectivity index (χ2v) is 28.4. The van der Waals surface area contributed by atoms with E-state index in [0.29, 0.717) is 55.2 Å². The third-order valence-corrected chi connectivity index (χ3v) is 19.8. The van der Waals surface area contributed by atoms with E-state index in [-0.39, 0.29) is 11.5 Å². The number of hydrogen-bond donors (Lipinski definition) is 2. The van der Waals surface area contributed by atoms with E-state index >= 15 is 0 Å². The maximum atomic E-state index is 14.1. The van der Waals surface area contributed by atoms with Crippen LogP contribution < -0.4 is 0 Å². The lowest BCUT2D eigenvalue weighted by Gasteiger charge is -2.51. The Morgan fingerprint density at radius 1 is 0.554 bits per heavy atom. The van der Waals surface area contributed by atoms with Gasteiger partial charge in [0, 0.05) is 32.2 Å². The van der Waals surface area contributed by atoms with E-state index < -0.39 is 113 Å². The Balaban J connectivity index is 0.000000274. The molecule has 0 aliphatic carbocycles. The number of carbonyl (C=O) groups excluding carboxylic acids is 2. The van der Waals surface area contributed by atoms with Crippen molar-refractivity contribution in [1.29, 1.82) is 0 Å². The number of hydrogen-bond acceptors (Lipinski definition) is 10. The summed E-state index contributed by atoms with van der Waals surface area (Å²) >= 11 is 24.9. The molecule has 0 radical (unpaired) electrons. The molecule has 74 heavy (non-hydrogen) atoms. The minimum atomic E-state index is -3.64. The van der Waals surface area contributed by atoms with Gasteiger partial charge in [0.05, 0.1) is 45.9 Å². The zero-order valence-electron chi connectivity index (χ0n) is 43.1. The van der Waals surface area contributed by atoms with Gasteiger partial charge in [-0.05, 0) is 139 Å². The van der Waals surface area contributed by atoms with Crippen LogP contribution in [-0.2, 0) is 48.3 Å². The van der Waals surface area contributed by atoms with Crippen LogP contribution in [0.4, 0.5) is 0 Å². The van der Waals surface area contributed by atoms with E-state index in [0.717, 1.165) is 0 Å². The average Bonchev–Trinajstić information content (AvgIpc) is 3.29. The summed E-state index contributed by atoms with van der Waals surface area (Å²) in [6, 6.07) is 24.7. The van der Waals surface area contributed by atoms with Crippen LogP contribution in [0, 0.1) is 0 Å². The predicted molar refractivity (Wildman–Crippen MR) is 289 cm³/mol. The summed E-state index contributed by atoms with van der Waals surface area (Å²) in [7, 11) is -7.27. The Hall–Kier alpha value is -4.26. The van der Waals surface area contributed by atoms with E-state index in [1.165, 1.54) is 23.6 Å². The number of ether oxygens (including phenoxy) is 2. The van der Waals surface area contributed by atoms with Crippen molar-refractivity contribution in [2.45, 2.75) is 152 Å². The number of aliphatic carboxylic acids is 2. The van der Waals surface area contributed by atoms with E-state index in [1.54, 1.807) is 139 Å². The minimum Gasteiger partial charge on any atom is -0.481 e. The first-order valence-corrected chi connectivity index (χ1v) is 28.9. The van der Waals surface area contributed by atoms with Crippen LogP contribution in [0.15, 0.2) is 97.1 Å². The van der Waals surface area contributed by atoms with Gasteiger partial charge in [-0.3, -0.25) is 19.2 Å². The summed E-state index contributed by atoms with van der Waals surface area (Å²) in [5.74, 6) is -4.14. The zero-order valence-corrected chi connectivity index (χ0v) is 47.8. The van der Waals surface area contributed by atoms with Crippen molar-refractivity contribution in [3.63, 3.8) is 0 Å². The Labute approximate surface area is 455 Å². The first kappa shape index (κ1) is 60.6. The van der Waals surface area contributed by atoms with Gasteiger partial charge in [-0.25, -0.2) is 16.8 Å². The number of nitrogens with zero attached hydrogens (tertiary/aromatic N) is 2. The summed E-state index contributed by atoms with van der Waals surface area (Å²) < 4.78 is 63.8. The van der Waals surface area contributed by atoms with Gasteiger partial charge < -0.3 is 29.5 Å². The fourth-order valence-electron chi connectivity index (χ4n) is 9.13. The van der Waals surface area contributed by atoms with Crippen LogP contribution in [0.1, 0.15) is 141 Å². The van der Waals surface area contributed by atoms with E-state index in [9.17, 15) is 46.2 Å². The van der Waals surface area contributed by atoms with Crippen molar-refractivity contribution >= 4 is 89.8 Å². The summed E-state index contributed by atoms with van der Waals surface area (Å²) in [6.07, 6.45) is -2.17. The fraction of sp³-hybridized carbons (Fsp3) is 0.481. The van der Waals surface area contributed by atoms with Gasteiger partial charge in [0.1, 0.15) is 12.2 Å². The molecule has 2 unspecified atom stereocenters. The van der Waals surface area contributed by atoms with Crippen LogP contribution in [0.3, 0.4) is 0 Å². The van der Waals surface area contributed by atoms with Crippen molar-refractivity contribution in [2.24, 2.45) is 0 Å². The zero-order chi connectivity index (χ0) is 55.5. The quantitative estimate of drug-likeness (QED) is 0.108. The number of halogens is 4. The molecule has 0 spiro atoms. The molecule has 2 N–H and O–H groups in total. The van der Waals surface area contributed by atoms with Crippen LogP contribution in [-0.4, -0.2) is 105 Å². The Bertz CT molecular complexity index is 2710. The standard InChI is InChI=1S/2C27H33Cl2NO6S/c2*1-6-21(16-37(34,35)26(2,3)4)30-23(17-10-12-19(28)13-11-17)24(18-8-7-9-20(29)14-18)36-27(5,25(30)33)15-22(31)32/h2*7-14,21,23-24H,6,15-16H2,1-5H3,(H,31,32)/t21-,23?,24+,27+;21-,23?,24+,27-/m00/s1. The van der Waals surface area contributed by atoms with Crippen molar-refractivity contribution in [1.82, 2.24) is 9.80 Å². The molecule has 2 heterocycles. The van der Waals surface area contributed by atoms with E-state index in [1.807, 2.05) is 13.8 Å². The molecule has 4 aromatic rings. The highest BCUT2D eigenvalue weighted by molar-refractivity contribution is 7.93.